The molecular formula is C30H37N7O3S2. The molecule has 4 aromatic rings. The first kappa shape index (κ1) is 28.8. The van der Waals surface area contributed by atoms with Crippen LogP contribution in [0.5, 0.6) is 11.5 Å². The van der Waals surface area contributed by atoms with E-state index in [1.54, 1.807) is 19.7 Å². The van der Waals surface area contributed by atoms with Gasteiger partial charge in [0.2, 0.25) is 0 Å². The number of rotatable bonds is 8. The Morgan fingerprint density at radius 2 is 1.90 bits per heavy atom. The Hall–Kier alpha value is -3.32. The topological polar surface area (TPSA) is 105 Å². The van der Waals surface area contributed by atoms with Gasteiger partial charge in [-0.3, -0.25) is 4.90 Å². The fourth-order valence-electron chi connectivity index (χ4n) is 5.88. The van der Waals surface area contributed by atoms with Gasteiger partial charge in [-0.1, -0.05) is 0 Å². The number of benzene rings is 2. The summed E-state index contributed by atoms with van der Waals surface area (Å²) in [5, 5.41) is 5.98. The number of nitrogens with zero attached hydrogens (tertiary/aromatic N) is 5. The fourth-order valence-corrected chi connectivity index (χ4v) is 6.70. The molecule has 12 heteroatoms. The molecular weight excluding hydrogens is 571 g/mol. The summed E-state index contributed by atoms with van der Waals surface area (Å²) in [6.07, 6.45) is 5.80. The number of nitrogens with one attached hydrogen (secondary N) is 2. The predicted molar refractivity (Wildman–Crippen MR) is 172 cm³/mol. The van der Waals surface area contributed by atoms with Gasteiger partial charge < -0.3 is 34.1 Å². The van der Waals surface area contributed by atoms with E-state index in [4.69, 9.17) is 26.7 Å². The molecule has 2 fully saturated rings. The Morgan fingerprint density at radius 1 is 1.12 bits per heavy atom. The molecule has 10 nitrogen and oxygen atoms in total. The van der Waals surface area contributed by atoms with Crippen LogP contribution in [0.4, 0.5) is 11.5 Å². The lowest BCUT2D eigenvalue weighted by Gasteiger charge is -2.37. The Balaban J connectivity index is 1.15. The minimum Gasteiger partial charge on any atom is -0.612 e. The van der Waals surface area contributed by atoms with Crippen LogP contribution < -0.4 is 19.7 Å². The summed E-state index contributed by atoms with van der Waals surface area (Å²) < 4.78 is 23.6. The van der Waals surface area contributed by atoms with Crippen LogP contribution in [-0.4, -0.2) is 99.7 Å². The summed E-state index contributed by atoms with van der Waals surface area (Å²) in [6, 6.07) is 12.2. The lowest BCUT2D eigenvalue weighted by molar-refractivity contribution is 0.200. The lowest BCUT2D eigenvalue weighted by Crippen LogP contribution is -2.50. The number of piperazine rings is 1. The Bertz CT molecular complexity index is 1550. The maximum Gasteiger partial charge on any atom is 0.173 e. The maximum atomic E-state index is 11.7. The van der Waals surface area contributed by atoms with Crippen molar-refractivity contribution in [1.29, 1.82) is 0 Å². The summed E-state index contributed by atoms with van der Waals surface area (Å²) in [4.78, 5) is 20.5. The smallest absolute Gasteiger partial charge is 0.173 e. The summed E-state index contributed by atoms with van der Waals surface area (Å²) in [6.45, 7) is 7.99. The van der Waals surface area contributed by atoms with Gasteiger partial charge in [0.15, 0.2) is 21.5 Å². The molecule has 2 aromatic carbocycles. The van der Waals surface area contributed by atoms with Gasteiger partial charge in [-0.2, -0.15) is 0 Å². The van der Waals surface area contributed by atoms with Crippen molar-refractivity contribution in [3.8, 4) is 11.5 Å². The number of H-pyrrole nitrogens is 1. The molecule has 0 bridgehead atoms. The maximum absolute atomic E-state index is 11.7. The van der Waals surface area contributed by atoms with E-state index in [0.29, 0.717) is 23.5 Å². The van der Waals surface area contributed by atoms with Crippen LogP contribution in [0, 0.1) is 0 Å². The normalized spacial score (nSPS) is 18.5. The largest absolute Gasteiger partial charge is 0.612 e. The standard InChI is InChI=1S/C30H37N7O3S2/c1-20-5-4-10-35(20)15-16-40-26-18-24-23(17-25(26)39-2)27-28(34-24)31-19-32-29(27)36-11-13-37(14-12-36)30(41)33-21-6-8-22(9-7-21)42(3)38/h6-9,17-20H,4-5,10-16H2,1-3H3,(H,33,41)(H,31,32,34). The SMILES string of the molecule is COc1cc2c(cc1OCCN1CCCC1C)[nH]c1ncnc(N3CCN(C(=S)Nc4ccc([S+](C)[O-])cc4)CC3)c12. The second-order valence-electron chi connectivity index (χ2n) is 10.9. The van der Waals surface area contributed by atoms with Crippen molar-refractivity contribution < 1.29 is 14.0 Å². The minimum absolute atomic E-state index is 0.615. The van der Waals surface area contributed by atoms with E-state index < -0.39 is 11.2 Å². The summed E-state index contributed by atoms with van der Waals surface area (Å²) >= 11 is 4.70. The zero-order valence-electron chi connectivity index (χ0n) is 24.3. The molecule has 2 aliphatic rings. The number of aromatic amines is 1. The van der Waals surface area contributed by atoms with E-state index in [-0.39, 0.29) is 0 Å². The lowest BCUT2D eigenvalue weighted by atomic mass is 10.1. The molecule has 0 aliphatic carbocycles. The Labute approximate surface area is 254 Å². The molecule has 2 aliphatic heterocycles. The highest BCUT2D eigenvalue weighted by Gasteiger charge is 2.24. The van der Waals surface area contributed by atoms with Gasteiger partial charge in [0.1, 0.15) is 30.7 Å². The van der Waals surface area contributed by atoms with Crippen molar-refractivity contribution >= 4 is 61.9 Å². The summed E-state index contributed by atoms with van der Waals surface area (Å²) in [7, 11) is 1.68. The van der Waals surface area contributed by atoms with Gasteiger partial charge in [-0.15, -0.1) is 0 Å². The van der Waals surface area contributed by atoms with Crippen LogP contribution >= 0.6 is 12.2 Å². The molecule has 6 rings (SSSR count). The third kappa shape index (κ3) is 5.94. The quantitative estimate of drug-likeness (QED) is 0.223. The van der Waals surface area contributed by atoms with Crippen LogP contribution in [0.15, 0.2) is 47.6 Å². The third-order valence-electron chi connectivity index (χ3n) is 8.28. The van der Waals surface area contributed by atoms with Crippen LogP contribution in [-0.2, 0) is 11.2 Å². The highest BCUT2D eigenvalue weighted by atomic mass is 32.2. The number of hydrogen-bond acceptors (Lipinski definition) is 8. The molecule has 0 amide bonds. The number of ether oxygens (including phenoxy) is 2. The van der Waals surface area contributed by atoms with Gasteiger partial charge in [-0.05, 0) is 80.0 Å². The van der Waals surface area contributed by atoms with E-state index >= 15 is 0 Å². The first-order chi connectivity index (χ1) is 20.4. The fraction of sp³-hybridized carbons (Fsp3) is 0.433. The Morgan fingerprint density at radius 3 is 2.60 bits per heavy atom. The molecule has 0 saturated carbocycles. The molecule has 2 unspecified atom stereocenters. The van der Waals surface area contributed by atoms with Gasteiger partial charge >= 0.3 is 0 Å². The monoisotopic (exact) mass is 607 g/mol. The number of thiocarbonyl (C=S) groups is 1. The van der Waals surface area contributed by atoms with Gasteiger partial charge in [0, 0.05) is 55.9 Å². The zero-order valence-corrected chi connectivity index (χ0v) is 25.9. The van der Waals surface area contributed by atoms with Crippen LogP contribution in [0.1, 0.15) is 19.8 Å². The van der Waals surface area contributed by atoms with E-state index in [2.05, 4.69) is 36.9 Å². The first-order valence-corrected chi connectivity index (χ1v) is 16.3. The average Bonchev–Trinajstić information content (AvgIpc) is 3.59. The van der Waals surface area contributed by atoms with E-state index in [9.17, 15) is 4.55 Å². The molecule has 42 heavy (non-hydrogen) atoms. The number of fused-ring (bicyclic) bond motifs is 3. The highest BCUT2D eigenvalue weighted by molar-refractivity contribution is 7.90. The molecule has 4 heterocycles. The second-order valence-corrected chi connectivity index (χ2v) is 12.6. The number of methoxy groups -OCH3 is 1. The van der Waals surface area contributed by atoms with Crippen molar-refractivity contribution in [1.82, 2.24) is 24.8 Å². The van der Waals surface area contributed by atoms with Crippen molar-refractivity contribution in [3.05, 3.63) is 42.7 Å². The molecule has 2 N–H and O–H groups in total. The number of aromatic nitrogens is 3. The van der Waals surface area contributed by atoms with Crippen LogP contribution in [0.25, 0.3) is 21.9 Å². The summed E-state index contributed by atoms with van der Waals surface area (Å²) in [5.41, 5.74) is 2.62. The third-order valence-corrected chi connectivity index (χ3v) is 9.58. The van der Waals surface area contributed by atoms with Crippen molar-refractivity contribution in [3.63, 3.8) is 0 Å². The number of hydrogen-bond donors (Lipinski definition) is 2. The summed E-state index contributed by atoms with van der Waals surface area (Å²) in [5.74, 6) is 2.32. The van der Waals surface area contributed by atoms with Gasteiger partial charge in [-0.25, -0.2) is 9.97 Å². The zero-order chi connectivity index (χ0) is 29.2. The highest BCUT2D eigenvalue weighted by Crippen LogP contribution is 2.38. The second kappa shape index (κ2) is 12.5. The van der Waals surface area contributed by atoms with E-state index in [1.165, 1.54) is 12.8 Å². The van der Waals surface area contributed by atoms with Crippen LogP contribution in [0.2, 0.25) is 0 Å². The van der Waals surface area contributed by atoms with E-state index in [0.717, 1.165) is 83.4 Å². The minimum atomic E-state index is -1.00. The molecule has 0 spiro atoms. The van der Waals surface area contributed by atoms with E-state index in [1.807, 2.05) is 36.4 Å². The first-order valence-electron chi connectivity index (χ1n) is 14.4. The molecule has 2 saturated heterocycles. The molecule has 222 valence electrons. The average molecular weight is 608 g/mol. The molecule has 2 aromatic heterocycles. The van der Waals surface area contributed by atoms with Crippen molar-refractivity contribution in [2.75, 3.05) is 69.5 Å². The number of anilines is 2. The van der Waals surface area contributed by atoms with Crippen LogP contribution in [0.3, 0.4) is 0 Å². The van der Waals surface area contributed by atoms with Gasteiger partial charge in [0.05, 0.1) is 18.0 Å². The Kier molecular flexibility index (Phi) is 8.57. The predicted octanol–water partition coefficient (Wildman–Crippen LogP) is 4.24. The molecule has 0 radical (unpaired) electrons. The molecule has 2 atom stereocenters. The van der Waals surface area contributed by atoms with Crippen molar-refractivity contribution in [2.24, 2.45) is 0 Å². The number of likely N-dealkylation sites (tertiary alicyclic amines) is 1. The van der Waals surface area contributed by atoms with Gasteiger partial charge in [0.25, 0.3) is 0 Å². The van der Waals surface area contributed by atoms with Crippen molar-refractivity contribution in [2.45, 2.75) is 30.7 Å².